The predicted molar refractivity (Wildman–Crippen MR) is 60.5 cm³/mol. The van der Waals surface area contributed by atoms with E-state index in [1.165, 1.54) is 0 Å². The van der Waals surface area contributed by atoms with Crippen molar-refractivity contribution in [3.63, 3.8) is 0 Å². The minimum absolute atomic E-state index is 0.0781. The number of benzene rings is 1. The first-order valence-electron chi connectivity index (χ1n) is 5.38. The first kappa shape index (κ1) is 11.0. The lowest BCUT2D eigenvalue weighted by Crippen LogP contribution is -2.03. The van der Waals surface area contributed by atoms with Crippen LogP contribution in [0.5, 0.6) is 5.75 Å². The number of aliphatic carboxylic acids is 1. The monoisotopic (exact) mass is 220 g/mol. The number of carbonyl (C=O) groups is 1. The zero-order valence-corrected chi connectivity index (χ0v) is 9.69. The Morgan fingerprint density at radius 2 is 2.00 bits per heavy atom. The van der Waals surface area contributed by atoms with E-state index in [1.807, 2.05) is 32.9 Å². The van der Waals surface area contributed by atoms with Gasteiger partial charge in [-0.3, -0.25) is 4.79 Å². The fourth-order valence-electron chi connectivity index (χ4n) is 2.60. The van der Waals surface area contributed by atoms with E-state index < -0.39 is 5.97 Å². The van der Waals surface area contributed by atoms with Crippen molar-refractivity contribution < 1.29 is 15.0 Å². The lowest BCUT2D eigenvalue weighted by Gasteiger charge is -2.06. The van der Waals surface area contributed by atoms with Crippen molar-refractivity contribution in [2.75, 3.05) is 0 Å². The molecule has 0 aromatic heterocycles. The SMILES string of the molecule is Cc1ccc([C@@H]2[C@@H](C(=O)O)C2(C)C)c(O)c1. The minimum Gasteiger partial charge on any atom is -0.508 e. The summed E-state index contributed by atoms with van der Waals surface area (Å²) in [6, 6.07) is 5.42. The van der Waals surface area contributed by atoms with Gasteiger partial charge in [-0.25, -0.2) is 0 Å². The van der Waals surface area contributed by atoms with Crippen LogP contribution in [0.25, 0.3) is 0 Å². The molecule has 0 spiro atoms. The number of carboxylic acids is 1. The third-order valence-electron chi connectivity index (χ3n) is 3.61. The van der Waals surface area contributed by atoms with E-state index in [0.29, 0.717) is 0 Å². The van der Waals surface area contributed by atoms with Gasteiger partial charge in [-0.15, -0.1) is 0 Å². The van der Waals surface area contributed by atoms with Crippen LogP contribution in [0.4, 0.5) is 0 Å². The average molecular weight is 220 g/mol. The van der Waals surface area contributed by atoms with Crippen molar-refractivity contribution in [3.8, 4) is 5.75 Å². The highest BCUT2D eigenvalue weighted by molar-refractivity contribution is 5.78. The Morgan fingerprint density at radius 1 is 1.38 bits per heavy atom. The van der Waals surface area contributed by atoms with Gasteiger partial charge in [0, 0.05) is 5.92 Å². The van der Waals surface area contributed by atoms with Gasteiger partial charge in [0.15, 0.2) is 0 Å². The quantitative estimate of drug-likeness (QED) is 0.805. The molecule has 1 aromatic rings. The molecule has 0 bridgehead atoms. The van der Waals surface area contributed by atoms with E-state index in [0.717, 1.165) is 11.1 Å². The molecule has 1 aromatic carbocycles. The van der Waals surface area contributed by atoms with Crippen LogP contribution in [0.2, 0.25) is 0 Å². The van der Waals surface area contributed by atoms with Crippen LogP contribution in [-0.2, 0) is 4.79 Å². The number of phenols is 1. The van der Waals surface area contributed by atoms with Gasteiger partial charge in [-0.1, -0.05) is 26.0 Å². The van der Waals surface area contributed by atoms with Crippen LogP contribution in [-0.4, -0.2) is 16.2 Å². The van der Waals surface area contributed by atoms with Gasteiger partial charge in [0.1, 0.15) is 5.75 Å². The van der Waals surface area contributed by atoms with Crippen LogP contribution in [0.3, 0.4) is 0 Å². The van der Waals surface area contributed by atoms with Crippen molar-refractivity contribution in [1.82, 2.24) is 0 Å². The van der Waals surface area contributed by atoms with Gasteiger partial charge in [-0.05, 0) is 29.5 Å². The number of phenolic OH excluding ortho intramolecular Hbond substituents is 1. The van der Waals surface area contributed by atoms with Crippen LogP contribution >= 0.6 is 0 Å². The van der Waals surface area contributed by atoms with Gasteiger partial charge in [0.25, 0.3) is 0 Å². The van der Waals surface area contributed by atoms with Crippen molar-refractivity contribution in [2.24, 2.45) is 11.3 Å². The second-order valence-corrected chi connectivity index (χ2v) is 5.18. The van der Waals surface area contributed by atoms with E-state index in [4.69, 9.17) is 5.11 Å². The molecule has 1 aliphatic carbocycles. The Labute approximate surface area is 94.7 Å². The molecule has 0 radical (unpaired) electrons. The fourth-order valence-corrected chi connectivity index (χ4v) is 2.60. The second kappa shape index (κ2) is 3.24. The first-order valence-corrected chi connectivity index (χ1v) is 5.38. The molecule has 2 atom stereocenters. The summed E-state index contributed by atoms with van der Waals surface area (Å²) >= 11 is 0. The number of hydrogen-bond acceptors (Lipinski definition) is 2. The Hall–Kier alpha value is -1.51. The maximum absolute atomic E-state index is 11.1. The van der Waals surface area contributed by atoms with Gasteiger partial charge in [-0.2, -0.15) is 0 Å². The predicted octanol–water partition coefficient (Wildman–Crippen LogP) is 2.52. The number of aromatic hydroxyl groups is 1. The maximum Gasteiger partial charge on any atom is 0.307 e. The number of hydrogen-bond donors (Lipinski definition) is 2. The largest absolute Gasteiger partial charge is 0.508 e. The van der Waals surface area contributed by atoms with E-state index in [9.17, 15) is 9.90 Å². The second-order valence-electron chi connectivity index (χ2n) is 5.18. The van der Waals surface area contributed by atoms with Crippen LogP contribution < -0.4 is 0 Å². The summed E-state index contributed by atoms with van der Waals surface area (Å²) in [7, 11) is 0. The van der Waals surface area contributed by atoms with Gasteiger partial charge in [0.05, 0.1) is 5.92 Å². The molecule has 0 unspecified atom stereocenters. The summed E-state index contributed by atoms with van der Waals surface area (Å²) in [5.41, 5.74) is 1.47. The molecule has 1 saturated carbocycles. The standard InChI is InChI=1S/C13H16O3/c1-7-4-5-8(9(14)6-7)10-11(12(15)16)13(10,2)3/h4-6,10-11,14H,1-3H3,(H,15,16)/t10-,11+/m1/s1. The molecule has 0 heterocycles. The molecule has 0 saturated heterocycles. The van der Waals surface area contributed by atoms with Crippen molar-refractivity contribution in [3.05, 3.63) is 29.3 Å². The Bertz CT molecular complexity index is 448. The molecule has 0 amide bonds. The van der Waals surface area contributed by atoms with E-state index in [1.54, 1.807) is 6.07 Å². The number of carboxylic acid groups (broad SMARTS) is 1. The number of rotatable bonds is 2. The minimum atomic E-state index is -0.782. The lowest BCUT2D eigenvalue weighted by molar-refractivity contribution is -0.139. The van der Waals surface area contributed by atoms with E-state index in [-0.39, 0.29) is 23.0 Å². The zero-order chi connectivity index (χ0) is 12.1. The van der Waals surface area contributed by atoms with E-state index in [2.05, 4.69) is 0 Å². The normalized spacial score (nSPS) is 26.4. The maximum atomic E-state index is 11.1. The number of aryl methyl sites for hydroxylation is 1. The van der Waals surface area contributed by atoms with Crippen molar-refractivity contribution in [1.29, 1.82) is 0 Å². The highest BCUT2D eigenvalue weighted by atomic mass is 16.4. The zero-order valence-electron chi connectivity index (χ0n) is 9.69. The first-order chi connectivity index (χ1) is 7.35. The van der Waals surface area contributed by atoms with Crippen LogP contribution in [0, 0.1) is 18.3 Å². The van der Waals surface area contributed by atoms with Crippen LogP contribution in [0.15, 0.2) is 18.2 Å². The third-order valence-corrected chi connectivity index (χ3v) is 3.61. The molecule has 1 aliphatic rings. The molecule has 16 heavy (non-hydrogen) atoms. The molecule has 3 heteroatoms. The smallest absolute Gasteiger partial charge is 0.307 e. The molecule has 86 valence electrons. The van der Waals surface area contributed by atoms with Crippen LogP contribution in [0.1, 0.15) is 30.9 Å². The van der Waals surface area contributed by atoms with Gasteiger partial charge in [0.2, 0.25) is 0 Å². The topological polar surface area (TPSA) is 57.5 Å². The summed E-state index contributed by atoms with van der Waals surface area (Å²) in [5.74, 6) is -1.04. The Balaban J connectivity index is 2.37. The Morgan fingerprint density at radius 3 is 2.44 bits per heavy atom. The molecule has 3 nitrogen and oxygen atoms in total. The Kier molecular flexibility index (Phi) is 2.22. The highest BCUT2D eigenvalue weighted by Crippen LogP contribution is 2.65. The molecule has 0 aliphatic heterocycles. The summed E-state index contributed by atoms with van der Waals surface area (Å²) < 4.78 is 0. The molecule has 2 rings (SSSR count). The summed E-state index contributed by atoms with van der Waals surface area (Å²) in [6.45, 7) is 5.75. The van der Waals surface area contributed by atoms with Crippen molar-refractivity contribution >= 4 is 5.97 Å². The molecule has 1 fully saturated rings. The fraction of sp³-hybridized carbons (Fsp3) is 0.462. The summed E-state index contributed by atoms with van der Waals surface area (Å²) in [4.78, 5) is 11.1. The van der Waals surface area contributed by atoms with E-state index >= 15 is 0 Å². The molecular weight excluding hydrogens is 204 g/mol. The molecule has 2 N–H and O–H groups in total. The lowest BCUT2D eigenvalue weighted by atomic mass is 10.0. The average Bonchev–Trinajstić information content (AvgIpc) is 2.69. The summed E-state index contributed by atoms with van der Waals surface area (Å²) in [5, 5.41) is 18.9. The molecular formula is C13H16O3. The summed E-state index contributed by atoms with van der Waals surface area (Å²) in [6.07, 6.45) is 0. The highest BCUT2D eigenvalue weighted by Gasteiger charge is 2.63. The van der Waals surface area contributed by atoms with Gasteiger partial charge >= 0.3 is 5.97 Å². The van der Waals surface area contributed by atoms with Gasteiger partial charge < -0.3 is 10.2 Å². The third kappa shape index (κ3) is 1.47. The van der Waals surface area contributed by atoms with Crippen molar-refractivity contribution in [2.45, 2.75) is 26.7 Å².